The molecule has 1 atom stereocenters. The number of benzene rings is 1. The van der Waals surface area contributed by atoms with E-state index in [4.69, 9.17) is 11.0 Å². The van der Waals surface area contributed by atoms with E-state index < -0.39 is 6.04 Å². The zero-order valence-electron chi connectivity index (χ0n) is 8.74. The molecule has 0 saturated heterocycles. The largest absolute Gasteiger partial charge is 0.314 e. The Morgan fingerprint density at radius 1 is 1.31 bits per heavy atom. The van der Waals surface area contributed by atoms with Crippen molar-refractivity contribution in [3.63, 3.8) is 0 Å². The lowest BCUT2D eigenvalue weighted by atomic mass is 10.1. The van der Waals surface area contributed by atoms with Gasteiger partial charge in [-0.05, 0) is 5.56 Å². The summed E-state index contributed by atoms with van der Waals surface area (Å²) in [7, 11) is 0. The van der Waals surface area contributed by atoms with Crippen molar-refractivity contribution in [2.75, 3.05) is 0 Å². The van der Waals surface area contributed by atoms with Gasteiger partial charge in [0.05, 0.1) is 18.8 Å². The molecule has 16 heavy (non-hydrogen) atoms. The molecule has 4 nitrogen and oxygen atoms in total. The van der Waals surface area contributed by atoms with E-state index in [2.05, 4.69) is 5.10 Å². The minimum atomic E-state index is -0.511. The zero-order valence-corrected chi connectivity index (χ0v) is 8.74. The van der Waals surface area contributed by atoms with Gasteiger partial charge in [0.1, 0.15) is 6.04 Å². The first-order valence-electron chi connectivity index (χ1n) is 5.02. The second kappa shape index (κ2) is 4.60. The molecule has 1 aromatic carbocycles. The fourth-order valence-electron chi connectivity index (χ4n) is 1.49. The molecule has 1 aromatic heterocycles. The molecule has 0 aliphatic rings. The first kappa shape index (κ1) is 10.4. The highest BCUT2D eigenvalue weighted by molar-refractivity contribution is 5.61. The number of hydrogen-bond donors (Lipinski definition) is 1. The van der Waals surface area contributed by atoms with E-state index in [1.54, 1.807) is 10.9 Å². The first-order valence-corrected chi connectivity index (χ1v) is 5.02. The van der Waals surface area contributed by atoms with E-state index >= 15 is 0 Å². The number of nitrogens with zero attached hydrogens (tertiary/aromatic N) is 3. The average molecular weight is 212 g/mol. The predicted octanol–water partition coefficient (Wildman–Crippen LogP) is 1.40. The van der Waals surface area contributed by atoms with E-state index in [1.807, 2.05) is 42.6 Å². The fraction of sp³-hybridized carbons (Fsp3) is 0.167. The monoisotopic (exact) mass is 212 g/mol. The zero-order chi connectivity index (χ0) is 11.4. The fourth-order valence-corrected chi connectivity index (χ4v) is 1.49. The van der Waals surface area contributed by atoms with Crippen LogP contribution in [0.25, 0.3) is 11.1 Å². The van der Waals surface area contributed by atoms with Crippen molar-refractivity contribution in [2.45, 2.75) is 12.6 Å². The van der Waals surface area contributed by atoms with Crippen molar-refractivity contribution >= 4 is 0 Å². The van der Waals surface area contributed by atoms with E-state index in [0.29, 0.717) is 6.54 Å². The number of hydrogen-bond acceptors (Lipinski definition) is 3. The Balaban J connectivity index is 2.18. The van der Waals surface area contributed by atoms with Crippen LogP contribution >= 0.6 is 0 Å². The number of rotatable bonds is 3. The van der Waals surface area contributed by atoms with Gasteiger partial charge >= 0.3 is 0 Å². The lowest BCUT2D eigenvalue weighted by Gasteiger charge is -2.01. The van der Waals surface area contributed by atoms with Crippen LogP contribution in [0.3, 0.4) is 0 Å². The summed E-state index contributed by atoms with van der Waals surface area (Å²) in [6.45, 7) is 0.420. The van der Waals surface area contributed by atoms with Gasteiger partial charge in [-0.2, -0.15) is 10.4 Å². The predicted molar refractivity (Wildman–Crippen MR) is 61.3 cm³/mol. The van der Waals surface area contributed by atoms with Crippen molar-refractivity contribution in [2.24, 2.45) is 5.73 Å². The first-order chi connectivity index (χ1) is 7.79. The molecule has 0 saturated carbocycles. The average Bonchev–Trinajstić information content (AvgIpc) is 2.78. The minimum absolute atomic E-state index is 0.420. The molecule has 0 spiro atoms. The van der Waals surface area contributed by atoms with Gasteiger partial charge in [-0.25, -0.2) is 0 Å². The Hall–Kier alpha value is -2.12. The Bertz CT molecular complexity index is 495. The van der Waals surface area contributed by atoms with Gasteiger partial charge in [0, 0.05) is 11.8 Å². The van der Waals surface area contributed by atoms with E-state index in [9.17, 15) is 0 Å². The smallest absolute Gasteiger partial charge is 0.113 e. The summed E-state index contributed by atoms with van der Waals surface area (Å²) < 4.78 is 1.69. The van der Waals surface area contributed by atoms with Gasteiger partial charge in [-0.1, -0.05) is 30.3 Å². The second-order valence-electron chi connectivity index (χ2n) is 3.55. The molecule has 80 valence electrons. The molecule has 0 amide bonds. The van der Waals surface area contributed by atoms with Crippen LogP contribution < -0.4 is 5.73 Å². The van der Waals surface area contributed by atoms with Gasteiger partial charge in [-0.15, -0.1) is 0 Å². The van der Waals surface area contributed by atoms with Crippen LogP contribution in [0.4, 0.5) is 0 Å². The van der Waals surface area contributed by atoms with Crippen molar-refractivity contribution < 1.29 is 0 Å². The van der Waals surface area contributed by atoms with Gasteiger partial charge in [0.25, 0.3) is 0 Å². The lowest BCUT2D eigenvalue weighted by Crippen LogP contribution is -2.24. The van der Waals surface area contributed by atoms with Crippen LogP contribution in [-0.2, 0) is 6.54 Å². The van der Waals surface area contributed by atoms with Crippen LogP contribution in [0.1, 0.15) is 0 Å². The molecule has 0 radical (unpaired) electrons. The molecule has 4 heteroatoms. The summed E-state index contributed by atoms with van der Waals surface area (Å²) in [5.41, 5.74) is 7.67. The van der Waals surface area contributed by atoms with Gasteiger partial charge in [-0.3, -0.25) is 4.68 Å². The third kappa shape index (κ3) is 2.27. The highest BCUT2D eigenvalue weighted by Crippen LogP contribution is 2.17. The second-order valence-corrected chi connectivity index (χ2v) is 3.55. The molecular formula is C12H12N4. The summed E-state index contributed by atoms with van der Waals surface area (Å²) in [5, 5.41) is 12.8. The third-order valence-corrected chi connectivity index (χ3v) is 2.29. The molecule has 1 unspecified atom stereocenters. The van der Waals surface area contributed by atoms with Gasteiger partial charge < -0.3 is 5.73 Å². The van der Waals surface area contributed by atoms with Crippen molar-refractivity contribution in [1.82, 2.24) is 9.78 Å². The standard InChI is InChI=1S/C12H12N4/c13-6-12(14)9-16-8-11(7-15-16)10-4-2-1-3-5-10/h1-5,7-8,12H,9,14H2. The van der Waals surface area contributed by atoms with Crippen molar-refractivity contribution in [3.05, 3.63) is 42.7 Å². The van der Waals surface area contributed by atoms with E-state index in [1.165, 1.54) is 0 Å². The minimum Gasteiger partial charge on any atom is -0.314 e. The number of aromatic nitrogens is 2. The molecule has 2 N–H and O–H groups in total. The topological polar surface area (TPSA) is 67.6 Å². The van der Waals surface area contributed by atoms with Crippen LogP contribution in [0.2, 0.25) is 0 Å². The normalized spacial score (nSPS) is 12.0. The summed E-state index contributed by atoms with van der Waals surface area (Å²) in [4.78, 5) is 0. The molecule has 2 aromatic rings. The van der Waals surface area contributed by atoms with Gasteiger partial charge in [0.2, 0.25) is 0 Å². The number of nitrogens with two attached hydrogens (primary N) is 1. The Morgan fingerprint density at radius 2 is 2.06 bits per heavy atom. The third-order valence-electron chi connectivity index (χ3n) is 2.29. The highest BCUT2D eigenvalue weighted by Gasteiger charge is 2.04. The molecular weight excluding hydrogens is 200 g/mol. The maximum Gasteiger partial charge on any atom is 0.113 e. The van der Waals surface area contributed by atoms with E-state index in [0.717, 1.165) is 11.1 Å². The Labute approximate surface area is 93.9 Å². The molecule has 0 bridgehead atoms. The van der Waals surface area contributed by atoms with E-state index in [-0.39, 0.29) is 0 Å². The maximum absolute atomic E-state index is 8.60. The Morgan fingerprint density at radius 3 is 2.75 bits per heavy atom. The van der Waals surface area contributed by atoms with Crippen LogP contribution in [0.5, 0.6) is 0 Å². The summed E-state index contributed by atoms with van der Waals surface area (Å²) in [5.74, 6) is 0. The van der Waals surface area contributed by atoms with Crippen LogP contribution in [-0.4, -0.2) is 15.8 Å². The molecule has 0 fully saturated rings. The highest BCUT2D eigenvalue weighted by atomic mass is 15.3. The van der Waals surface area contributed by atoms with Crippen molar-refractivity contribution in [3.8, 4) is 17.2 Å². The van der Waals surface area contributed by atoms with Gasteiger partial charge in [0.15, 0.2) is 0 Å². The molecule has 0 aliphatic carbocycles. The van der Waals surface area contributed by atoms with Crippen LogP contribution in [0, 0.1) is 11.3 Å². The lowest BCUT2D eigenvalue weighted by molar-refractivity contribution is 0.574. The summed E-state index contributed by atoms with van der Waals surface area (Å²) in [6.07, 6.45) is 3.67. The summed E-state index contributed by atoms with van der Waals surface area (Å²) in [6, 6.07) is 11.4. The quantitative estimate of drug-likeness (QED) is 0.836. The summed E-state index contributed by atoms with van der Waals surface area (Å²) >= 11 is 0. The maximum atomic E-state index is 8.60. The molecule has 2 rings (SSSR count). The van der Waals surface area contributed by atoms with Crippen LogP contribution in [0.15, 0.2) is 42.7 Å². The van der Waals surface area contributed by atoms with Crippen molar-refractivity contribution in [1.29, 1.82) is 5.26 Å². The Kier molecular flexibility index (Phi) is 2.99. The molecule has 1 heterocycles. The SMILES string of the molecule is N#CC(N)Cn1cc(-c2ccccc2)cn1. The molecule has 0 aliphatic heterocycles. The number of nitriles is 1.